The number of anilines is 1. The molecule has 0 spiro atoms. The molecule has 1 amide bonds. The van der Waals surface area contributed by atoms with E-state index in [-0.39, 0.29) is 12.3 Å². The minimum Gasteiger partial charge on any atom is -0.465 e. The minimum atomic E-state index is -0.456. The van der Waals surface area contributed by atoms with Gasteiger partial charge in [-0.15, -0.1) is 0 Å². The molecule has 1 N–H and O–H groups in total. The van der Waals surface area contributed by atoms with E-state index in [9.17, 15) is 9.59 Å². The van der Waals surface area contributed by atoms with Crippen LogP contribution in [0.2, 0.25) is 0 Å². The minimum absolute atomic E-state index is 0.163. The first-order valence-electron chi connectivity index (χ1n) is 6.39. The monoisotopic (exact) mass is 304 g/mol. The van der Waals surface area contributed by atoms with Crippen LogP contribution >= 0.6 is 11.3 Å². The Morgan fingerprint density at radius 1 is 1.29 bits per heavy atom. The van der Waals surface area contributed by atoms with Gasteiger partial charge in [0, 0.05) is 0 Å². The number of ether oxygens (including phenoxy) is 1. The summed E-state index contributed by atoms with van der Waals surface area (Å²) in [6.45, 7) is 4.04. The Bertz CT molecular complexity index is 679. The number of aryl methyl sites for hydroxylation is 2. The lowest BCUT2D eigenvalue weighted by atomic mass is 10.0. The molecule has 0 atom stereocenters. The summed E-state index contributed by atoms with van der Waals surface area (Å²) in [6, 6.07) is 5.93. The van der Waals surface area contributed by atoms with E-state index < -0.39 is 5.97 Å². The molecule has 0 unspecified atom stereocenters. The largest absolute Gasteiger partial charge is 0.465 e. The lowest BCUT2D eigenvalue weighted by Crippen LogP contribution is -2.14. The topological polar surface area (TPSA) is 68.3 Å². The molecule has 21 heavy (non-hydrogen) atoms. The van der Waals surface area contributed by atoms with Gasteiger partial charge >= 0.3 is 5.97 Å². The van der Waals surface area contributed by atoms with Crippen LogP contribution < -0.4 is 5.32 Å². The third-order valence-corrected chi connectivity index (χ3v) is 3.97. The molecule has 0 saturated carbocycles. The van der Waals surface area contributed by atoms with Gasteiger partial charge in [-0.25, -0.2) is 9.78 Å². The van der Waals surface area contributed by atoms with E-state index in [4.69, 9.17) is 0 Å². The Balaban J connectivity index is 1.99. The number of methoxy groups -OCH3 is 1. The van der Waals surface area contributed by atoms with Gasteiger partial charge in [0.25, 0.3) is 0 Å². The van der Waals surface area contributed by atoms with Crippen LogP contribution in [0.1, 0.15) is 26.4 Å². The molecule has 110 valence electrons. The summed E-state index contributed by atoms with van der Waals surface area (Å²) in [5.74, 6) is -0.619. The number of hydrogen-bond acceptors (Lipinski definition) is 5. The third-order valence-electron chi connectivity index (χ3n) is 3.07. The maximum Gasteiger partial charge on any atom is 0.349 e. The Kier molecular flexibility index (Phi) is 4.70. The molecule has 2 rings (SSSR count). The van der Waals surface area contributed by atoms with Crippen LogP contribution in [-0.2, 0) is 16.0 Å². The third kappa shape index (κ3) is 3.88. The molecule has 0 aliphatic carbocycles. The maximum atomic E-state index is 12.0. The molecule has 1 aromatic heterocycles. The summed E-state index contributed by atoms with van der Waals surface area (Å²) < 4.78 is 4.59. The van der Waals surface area contributed by atoms with E-state index in [1.165, 1.54) is 18.9 Å². The summed E-state index contributed by atoms with van der Waals surface area (Å²) in [5, 5.41) is 3.08. The molecule has 1 heterocycles. The number of hydrogen-bond donors (Lipinski definition) is 1. The zero-order valence-electron chi connectivity index (χ0n) is 12.1. The molecule has 2 aromatic rings. The number of carbonyl (C=O) groups excluding carboxylic acids is 2. The first-order chi connectivity index (χ1) is 9.99. The molecule has 0 radical (unpaired) electrons. The Morgan fingerprint density at radius 2 is 2.05 bits per heavy atom. The van der Waals surface area contributed by atoms with Crippen molar-refractivity contribution < 1.29 is 14.3 Å². The van der Waals surface area contributed by atoms with Gasteiger partial charge in [-0.3, -0.25) is 4.79 Å². The predicted molar refractivity (Wildman–Crippen MR) is 81.7 cm³/mol. The molecule has 6 heteroatoms. The highest BCUT2D eigenvalue weighted by Gasteiger charge is 2.12. The highest BCUT2D eigenvalue weighted by Crippen LogP contribution is 2.19. The molecular formula is C15H16N2O3S. The van der Waals surface area contributed by atoms with Crippen LogP contribution in [-0.4, -0.2) is 24.0 Å². The number of nitrogens with one attached hydrogen (secondary N) is 1. The number of aromatic nitrogens is 1. The second-order valence-corrected chi connectivity index (χ2v) is 5.70. The molecule has 0 fully saturated rings. The van der Waals surface area contributed by atoms with E-state index in [1.54, 1.807) is 0 Å². The van der Waals surface area contributed by atoms with Crippen molar-refractivity contribution in [2.75, 3.05) is 12.4 Å². The molecular weight excluding hydrogens is 288 g/mol. The summed E-state index contributed by atoms with van der Waals surface area (Å²) in [5.41, 5.74) is 3.30. The summed E-state index contributed by atoms with van der Waals surface area (Å²) in [4.78, 5) is 27.6. The number of rotatable bonds is 4. The number of carbonyl (C=O) groups is 2. The van der Waals surface area contributed by atoms with Crippen LogP contribution in [0.5, 0.6) is 0 Å². The second-order valence-electron chi connectivity index (χ2n) is 4.66. The van der Waals surface area contributed by atoms with E-state index in [1.807, 2.05) is 32.0 Å². The quantitative estimate of drug-likeness (QED) is 0.882. The first kappa shape index (κ1) is 15.2. The van der Waals surface area contributed by atoms with Gasteiger partial charge in [0.2, 0.25) is 5.91 Å². The number of nitrogens with zero attached hydrogens (tertiary/aromatic N) is 1. The maximum absolute atomic E-state index is 12.0. The zero-order valence-corrected chi connectivity index (χ0v) is 12.9. The van der Waals surface area contributed by atoms with Gasteiger partial charge in [0.15, 0.2) is 5.13 Å². The predicted octanol–water partition coefficient (Wildman–Crippen LogP) is 2.73. The molecule has 1 aromatic carbocycles. The van der Waals surface area contributed by atoms with Crippen LogP contribution in [0.15, 0.2) is 24.4 Å². The Labute approximate surface area is 127 Å². The van der Waals surface area contributed by atoms with Crippen LogP contribution in [0.4, 0.5) is 5.13 Å². The average molecular weight is 304 g/mol. The van der Waals surface area contributed by atoms with Crippen molar-refractivity contribution >= 4 is 28.3 Å². The lowest BCUT2D eigenvalue weighted by molar-refractivity contribution is -0.115. The number of esters is 1. The van der Waals surface area contributed by atoms with Crippen molar-refractivity contribution in [2.45, 2.75) is 20.3 Å². The standard InChI is InChI=1S/C15H16N2O3S/c1-9-4-5-11(6-10(9)2)7-13(18)17-15-16-8-12(21-15)14(19)20-3/h4-6,8H,7H2,1-3H3,(H,16,17,18). The van der Waals surface area contributed by atoms with Crippen molar-refractivity contribution in [1.29, 1.82) is 0 Å². The van der Waals surface area contributed by atoms with Gasteiger partial charge < -0.3 is 10.1 Å². The van der Waals surface area contributed by atoms with Gasteiger partial charge in [-0.05, 0) is 30.5 Å². The fourth-order valence-electron chi connectivity index (χ4n) is 1.79. The van der Waals surface area contributed by atoms with Crippen LogP contribution in [0.3, 0.4) is 0 Å². The van der Waals surface area contributed by atoms with E-state index in [0.717, 1.165) is 22.5 Å². The first-order valence-corrected chi connectivity index (χ1v) is 7.21. The SMILES string of the molecule is COC(=O)c1cnc(NC(=O)Cc2ccc(C)c(C)c2)s1. The van der Waals surface area contributed by atoms with Crippen molar-refractivity contribution in [3.8, 4) is 0 Å². The highest BCUT2D eigenvalue weighted by atomic mass is 32.1. The Hall–Kier alpha value is -2.21. The second kappa shape index (κ2) is 6.49. The van der Waals surface area contributed by atoms with Crippen LogP contribution in [0.25, 0.3) is 0 Å². The van der Waals surface area contributed by atoms with Gasteiger partial charge in [-0.2, -0.15) is 0 Å². The molecule has 0 aliphatic rings. The van der Waals surface area contributed by atoms with Gasteiger partial charge in [-0.1, -0.05) is 29.5 Å². The highest BCUT2D eigenvalue weighted by molar-refractivity contribution is 7.17. The lowest BCUT2D eigenvalue weighted by Gasteiger charge is -2.05. The zero-order chi connectivity index (χ0) is 15.4. The van der Waals surface area contributed by atoms with Crippen molar-refractivity contribution in [1.82, 2.24) is 4.98 Å². The fourth-order valence-corrected chi connectivity index (χ4v) is 2.54. The van der Waals surface area contributed by atoms with E-state index >= 15 is 0 Å². The summed E-state index contributed by atoms with van der Waals surface area (Å²) in [7, 11) is 1.31. The summed E-state index contributed by atoms with van der Waals surface area (Å²) in [6.07, 6.45) is 1.66. The van der Waals surface area contributed by atoms with E-state index in [2.05, 4.69) is 15.0 Å². The number of amides is 1. The smallest absolute Gasteiger partial charge is 0.349 e. The molecule has 0 bridgehead atoms. The van der Waals surface area contributed by atoms with Gasteiger partial charge in [0.05, 0.1) is 19.7 Å². The molecule has 0 aliphatic heterocycles. The van der Waals surface area contributed by atoms with Gasteiger partial charge in [0.1, 0.15) is 4.88 Å². The van der Waals surface area contributed by atoms with Crippen molar-refractivity contribution in [2.24, 2.45) is 0 Å². The van der Waals surface area contributed by atoms with Crippen molar-refractivity contribution in [3.05, 3.63) is 46.0 Å². The molecule has 0 saturated heterocycles. The normalized spacial score (nSPS) is 10.2. The van der Waals surface area contributed by atoms with Crippen molar-refractivity contribution in [3.63, 3.8) is 0 Å². The van der Waals surface area contributed by atoms with Crippen LogP contribution in [0, 0.1) is 13.8 Å². The average Bonchev–Trinajstić information content (AvgIpc) is 2.90. The Morgan fingerprint density at radius 3 is 2.71 bits per heavy atom. The fraction of sp³-hybridized carbons (Fsp3) is 0.267. The number of benzene rings is 1. The van der Waals surface area contributed by atoms with E-state index in [0.29, 0.717) is 10.0 Å². The number of thiazole rings is 1. The molecule has 5 nitrogen and oxygen atoms in total. The summed E-state index contributed by atoms with van der Waals surface area (Å²) >= 11 is 1.09.